The van der Waals surface area contributed by atoms with Gasteiger partial charge in [0, 0.05) is 48.9 Å². The lowest BCUT2D eigenvalue weighted by molar-refractivity contribution is -1.03. The first-order valence-electron chi connectivity index (χ1n) is 21.7. The maximum atomic E-state index is 14.5. The van der Waals surface area contributed by atoms with Gasteiger partial charge in [-0.2, -0.15) is 0 Å². The summed E-state index contributed by atoms with van der Waals surface area (Å²) >= 11 is 0. The topological polar surface area (TPSA) is 117 Å². The number of carbonyl (C=O) groups is 2. The van der Waals surface area contributed by atoms with E-state index in [0.717, 1.165) is 82.6 Å². The lowest BCUT2D eigenvalue weighted by Gasteiger charge is -2.67. The lowest BCUT2D eigenvalue weighted by atomic mass is 9.43. The molecule has 6 aliphatic heterocycles. The number of nitrogens with zero attached hydrogens (tertiary/aromatic N) is 2. The van der Waals surface area contributed by atoms with Crippen LogP contribution in [0.2, 0.25) is 0 Å². The summed E-state index contributed by atoms with van der Waals surface area (Å²) in [5, 5.41) is 37.5. The Morgan fingerprint density at radius 2 is 1.82 bits per heavy atom. The highest BCUT2D eigenvalue weighted by atomic mass is 79.9. The number of aliphatic hydroxyl groups is 3. The molecule has 1 aromatic carbocycles. The molecular weight excluding hydrogens is 760 g/mol. The van der Waals surface area contributed by atoms with Crippen LogP contribution in [-0.2, 0) is 24.5 Å². The fraction of sp³-hybridized carbons (Fsp3) is 0.778. The number of halogens is 1. The van der Waals surface area contributed by atoms with Crippen molar-refractivity contribution in [3.8, 4) is 0 Å². The maximum absolute atomic E-state index is 14.5. The monoisotopic (exact) mass is 820 g/mol. The average Bonchev–Trinajstić information content (AvgIpc) is 3.83. The molecule has 0 radical (unpaired) electrons. The van der Waals surface area contributed by atoms with E-state index in [-0.39, 0.29) is 106 Å². The lowest BCUT2D eigenvalue weighted by Crippen LogP contribution is -3.00. The minimum absolute atomic E-state index is 0. The minimum atomic E-state index is -0.739. The fourth-order valence-electron chi connectivity index (χ4n) is 17.6. The first kappa shape index (κ1) is 37.3. The molecule has 9 fully saturated rings. The van der Waals surface area contributed by atoms with Gasteiger partial charge in [0.25, 0.3) is 0 Å². The second-order valence-electron chi connectivity index (χ2n) is 20.7. The number of rotatable bonds is 5. The van der Waals surface area contributed by atoms with Crippen molar-refractivity contribution in [1.29, 1.82) is 0 Å². The Kier molecular flexibility index (Phi) is 8.17. The quantitative estimate of drug-likeness (QED) is 0.307. The Hall–Kier alpha value is -1.98. The van der Waals surface area contributed by atoms with Crippen LogP contribution >= 0.6 is 0 Å². The van der Waals surface area contributed by atoms with Crippen LogP contribution in [0.15, 0.2) is 35.9 Å². The summed E-state index contributed by atoms with van der Waals surface area (Å²) in [4.78, 5) is 28.8. The van der Waals surface area contributed by atoms with Crippen molar-refractivity contribution in [3.05, 3.63) is 41.5 Å². The molecule has 300 valence electrons. The highest BCUT2D eigenvalue weighted by Gasteiger charge is 2.83. The van der Waals surface area contributed by atoms with Crippen molar-refractivity contribution in [2.45, 2.75) is 145 Å². The molecule has 0 amide bonds. The number of fused-ring (bicyclic) bond motifs is 7. The highest BCUT2D eigenvalue weighted by molar-refractivity contribution is 5.85. The molecule has 0 aromatic heterocycles. The predicted molar refractivity (Wildman–Crippen MR) is 201 cm³/mol. The third kappa shape index (κ3) is 4.30. The summed E-state index contributed by atoms with van der Waals surface area (Å²) in [5.74, 6) is 1.32. The Bertz CT molecular complexity index is 1840. The van der Waals surface area contributed by atoms with E-state index in [1.165, 1.54) is 11.3 Å². The number of anilines is 1. The zero-order chi connectivity index (χ0) is 37.3. The van der Waals surface area contributed by atoms with E-state index in [9.17, 15) is 24.9 Å². The molecule has 9 nitrogen and oxygen atoms in total. The second-order valence-corrected chi connectivity index (χ2v) is 20.7. The molecular formula is C45H61BrN2O7. The molecule has 15 unspecified atom stereocenters. The molecule has 55 heavy (non-hydrogen) atoms. The predicted octanol–water partition coefficient (Wildman–Crippen LogP) is 2.24. The molecule has 5 saturated carbocycles. The van der Waals surface area contributed by atoms with E-state index >= 15 is 0 Å². The number of para-hydroxylation sites is 1. The number of piperidine rings is 4. The summed E-state index contributed by atoms with van der Waals surface area (Å²) in [6.45, 7) is 7.48. The number of cyclic esters (lactones) is 1. The van der Waals surface area contributed by atoms with E-state index in [1.54, 1.807) is 6.08 Å². The van der Waals surface area contributed by atoms with E-state index in [0.29, 0.717) is 22.9 Å². The van der Waals surface area contributed by atoms with Crippen molar-refractivity contribution >= 4 is 17.6 Å². The van der Waals surface area contributed by atoms with Gasteiger partial charge in [0.05, 0.1) is 29.2 Å². The van der Waals surface area contributed by atoms with Gasteiger partial charge in [0.2, 0.25) is 0 Å². The molecule has 1 aromatic rings. The van der Waals surface area contributed by atoms with Gasteiger partial charge < -0.3 is 46.7 Å². The van der Waals surface area contributed by atoms with Gasteiger partial charge in [0.1, 0.15) is 18.8 Å². The van der Waals surface area contributed by atoms with Gasteiger partial charge in [-0.25, -0.2) is 9.59 Å². The van der Waals surface area contributed by atoms with Crippen molar-refractivity contribution in [1.82, 2.24) is 0 Å². The standard InChI is InChI=1S/C45H61N2O7.BrH/c1-5-27-28-20-34-39-44(32-8-6-7-9-33(32)46(39)4)21-35(38(28)40(44)50)47(34,41(27)51)22-37(49)54-26-12-15-42(2)25(19-26)10-11-31-30(42)13-16-43(3)29(14-17-45(31,43)52)24-18-36(48)53-23-24;/h6-9,18,25-31,34-35,38-41,50-52H,5,10-17,19-23H2,1-4H3;1H/q+1;/p-1/t25?,26?,27?,28?,29?,30?,31?,34?,35?,38?,39?,40?,41-,42+,43-,44?,45?,47?;/m1./s1. The highest BCUT2D eigenvalue weighted by Crippen LogP contribution is 2.73. The number of quaternary nitrogens is 1. The van der Waals surface area contributed by atoms with E-state index in [1.807, 2.05) is 0 Å². The van der Waals surface area contributed by atoms with Crippen molar-refractivity contribution in [2.24, 2.45) is 52.3 Å². The second kappa shape index (κ2) is 12.0. The molecule has 18 atom stereocenters. The van der Waals surface area contributed by atoms with Crippen LogP contribution < -0.4 is 21.9 Å². The van der Waals surface area contributed by atoms with Gasteiger partial charge in [-0.1, -0.05) is 39.0 Å². The average molecular weight is 822 g/mol. The van der Waals surface area contributed by atoms with Crippen LogP contribution in [0.3, 0.4) is 0 Å². The van der Waals surface area contributed by atoms with Gasteiger partial charge in [-0.05, 0) is 116 Å². The number of hydrogen-bond acceptors (Lipinski definition) is 8. The smallest absolute Gasteiger partial charge is 0.362 e. The summed E-state index contributed by atoms with van der Waals surface area (Å²) in [7, 11) is 2.17. The van der Waals surface area contributed by atoms with E-state index in [4.69, 9.17) is 9.47 Å². The van der Waals surface area contributed by atoms with Gasteiger partial charge >= 0.3 is 11.9 Å². The third-order valence-corrected chi connectivity index (χ3v) is 19.8. The molecule has 1 spiro atoms. The molecule has 10 heteroatoms. The molecule has 6 heterocycles. The third-order valence-electron chi connectivity index (χ3n) is 19.8. The molecule has 4 saturated heterocycles. The molecule has 5 aliphatic carbocycles. The van der Waals surface area contributed by atoms with Gasteiger partial charge in [-0.15, -0.1) is 0 Å². The first-order valence-corrected chi connectivity index (χ1v) is 21.7. The van der Waals surface area contributed by atoms with Crippen LogP contribution in [0.25, 0.3) is 0 Å². The normalized spacial score (nSPS) is 53.4. The Morgan fingerprint density at radius 1 is 1.02 bits per heavy atom. The molecule has 12 rings (SSSR count). The van der Waals surface area contributed by atoms with Crippen LogP contribution in [0.4, 0.5) is 5.69 Å². The van der Waals surface area contributed by atoms with Crippen LogP contribution in [0.1, 0.15) is 103 Å². The first-order chi connectivity index (χ1) is 25.8. The zero-order valence-corrected chi connectivity index (χ0v) is 34.6. The molecule has 11 aliphatic rings. The number of aliphatic hydroxyl groups excluding tert-OH is 2. The van der Waals surface area contributed by atoms with Crippen LogP contribution in [0, 0.1) is 52.3 Å². The summed E-state index contributed by atoms with van der Waals surface area (Å²) in [6, 6.07) is 8.74. The van der Waals surface area contributed by atoms with Crippen molar-refractivity contribution in [2.75, 3.05) is 25.1 Å². The number of benzene rings is 1. The largest absolute Gasteiger partial charge is 1.00 e. The van der Waals surface area contributed by atoms with Gasteiger partial charge in [0.15, 0.2) is 12.8 Å². The molecule has 5 bridgehead atoms. The Balaban J connectivity index is 0.00000372. The Morgan fingerprint density at radius 3 is 2.58 bits per heavy atom. The summed E-state index contributed by atoms with van der Waals surface area (Å²) < 4.78 is 12.3. The van der Waals surface area contributed by atoms with Crippen LogP contribution in [-0.4, -0.2) is 94.1 Å². The van der Waals surface area contributed by atoms with Crippen molar-refractivity contribution in [3.63, 3.8) is 0 Å². The van der Waals surface area contributed by atoms with Crippen molar-refractivity contribution < 1.29 is 55.8 Å². The summed E-state index contributed by atoms with van der Waals surface area (Å²) in [6.07, 6.45) is 11.5. The number of hydrogen-bond donors (Lipinski definition) is 3. The Labute approximate surface area is 336 Å². The maximum Gasteiger partial charge on any atom is 0.362 e. The van der Waals surface area contributed by atoms with E-state index in [2.05, 4.69) is 57.0 Å². The minimum Gasteiger partial charge on any atom is -1.00 e. The SMILES string of the molecule is CCC1C2CC3C4N(C)c5ccccc5C45CC(C2C5O)[N+]3(CC(=O)OC2CC[C@@]3(C)C(CCC4C3CC[C@]3(C)C(C5=CC(=O)OC5)CCC43O)C2)[C@@H]1O.[Br-]. The summed E-state index contributed by atoms with van der Waals surface area (Å²) in [5.41, 5.74) is 2.28. The number of carbonyl (C=O) groups excluding carboxylic acids is 2. The fourth-order valence-corrected chi connectivity index (χ4v) is 17.6. The van der Waals surface area contributed by atoms with Gasteiger partial charge in [-0.3, -0.25) is 4.48 Å². The zero-order valence-electron chi connectivity index (χ0n) is 33.0. The number of likely N-dealkylation sites (N-methyl/N-ethyl adjacent to an activating group) is 1. The molecule has 3 N–H and O–H groups in total. The van der Waals surface area contributed by atoms with Crippen LogP contribution in [0.5, 0.6) is 0 Å². The number of esters is 2. The van der Waals surface area contributed by atoms with E-state index < -0.39 is 17.9 Å². The number of ether oxygens (including phenoxy) is 2.